The molecule has 11 heteroatoms. The van der Waals surface area contributed by atoms with Crippen molar-refractivity contribution >= 4 is 45.9 Å². The Bertz CT molecular complexity index is 611. The van der Waals surface area contributed by atoms with Crippen LogP contribution in [0.2, 0.25) is 0 Å². The number of nitrogens with zero attached hydrogens (tertiary/aromatic N) is 2. The molecule has 2 aliphatic heterocycles. The quantitative estimate of drug-likeness (QED) is 0.236. The maximum atomic E-state index is 12.1. The van der Waals surface area contributed by atoms with E-state index >= 15 is 0 Å². The minimum Gasteiger partial charge on any atom is -0.377 e. The number of halogens is 1. The molecule has 0 aromatic carbocycles. The lowest BCUT2D eigenvalue weighted by Gasteiger charge is -2.22. The summed E-state index contributed by atoms with van der Waals surface area (Å²) < 4.78 is 32.4. The molecule has 164 valence electrons. The predicted molar refractivity (Wildman–Crippen MR) is 121 cm³/mol. The molecule has 9 nitrogen and oxygen atoms in total. The molecule has 0 aromatic rings. The Morgan fingerprint density at radius 2 is 2.07 bits per heavy atom. The number of hydrogen-bond acceptors (Lipinski definition) is 5. The summed E-state index contributed by atoms with van der Waals surface area (Å²) in [5, 5.41) is 6.29. The number of carbonyl (C=O) groups is 1. The Labute approximate surface area is 185 Å². The first-order chi connectivity index (χ1) is 12.9. The van der Waals surface area contributed by atoms with Crippen LogP contribution in [0.1, 0.15) is 39.0 Å². The summed E-state index contributed by atoms with van der Waals surface area (Å²) in [7, 11) is -1.72. The first-order valence-electron chi connectivity index (χ1n) is 9.77. The van der Waals surface area contributed by atoms with Gasteiger partial charge in [-0.2, -0.15) is 0 Å². The highest BCUT2D eigenvalue weighted by Gasteiger charge is 2.26. The van der Waals surface area contributed by atoms with Crippen LogP contribution < -0.4 is 15.4 Å². The summed E-state index contributed by atoms with van der Waals surface area (Å²) in [6.07, 6.45) is 4.37. The summed E-state index contributed by atoms with van der Waals surface area (Å²) in [6.45, 7) is 4.54. The molecule has 0 aliphatic carbocycles. The fraction of sp³-hybridized carbons (Fsp3) is 0.882. The maximum Gasteiger partial charge on any atom is 0.222 e. The molecule has 2 atom stereocenters. The van der Waals surface area contributed by atoms with E-state index in [0.717, 1.165) is 32.2 Å². The Kier molecular flexibility index (Phi) is 11.6. The Morgan fingerprint density at radius 1 is 1.29 bits per heavy atom. The minimum absolute atomic E-state index is 0. The van der Waals surface area contributed by atoms with Gasteiger partial charge in [0.1, 0.15) is 0 Å². The van der Waals surface area contributed by atoms with Crippen LogP contribution in [-0.2, 0) is 19.6 Å². The van der Waals surface area contributed by atoms with Crippen molar-refractivity contribution in [1.82, 2.24) is 20.3 Å². The number of carbonyl (C=O) groups excluding carboxylic acids is 1. The van der Waals surface area contributed by atoms with Gasteiger partial charge in [-0.25, -0.2) is 13.1 Å². The molecular formula is C17H34IN5O4S. The van der Waals surface area contributed by atoms with Crippen LogP contribution in [0.5, 0.6) is 0 Å². The van der Waals surface area contributed by atoms with Gasteiger partial charge in [0.05, 0.1) is 11.9 Å². The maximum absolute atomic E-state index is 12.1. The van der Waals surface area contributed by atoms with E-state index in [1.54, 1.807) is 7.05 Å². The van der Waals surface area contributed by atoms with Gasteiger partial charge in [-0.1, -0.05) is 6.92 Å². The van der Waals surface area contributed by atoms with Crippen molar-refractivity contribution in [3.8, 4) is 0 Å². The number of amides is 1. The van der Waals surface area contributed by atoms with Gasteiger partial charge in [0.2, 0.25) is 15.9 Å². The third-order valence-electron chi connectivity index (χ3n) is 4.88. The van der Waals surface area contributed by atoms with Crippen molar-refractivity contribution in [2.75, 3.05) is 45.6 Å². The van der Waals surface area contributed by atoms with E-state index in [2.05, 4.69) is 20.3 Å². The van der Waals surface area contributed by atoms with Crippen LogP contribution in [0, 0.1) is 0 Å². The molecule has 1 amide bonds. The van der Waals surface area contributed by atoms with Crippen LogP contribution >= 0.6 is 24.0 Å². The number of nitrogens with one attached hydrogen (secondary N) is 3. The second-order valence-electron chi connectivity index (χ2n) is 6.98. The second-order valence-corrected chi connectivity index (χ2v) is 8.90. The number of hydrogen-bond donors (Lipinski definition) is 3. The van der Waals surface area contributed by atoms with Crippen molar-refractivity contribution in [3.63, 3.8) is 0 Å². The number of likely N-dealkylation sites (tertiary alicyclic amines) is 1. The van der Waals surface area contributed by atoms with Gasteiger partial charge in [0.25, 0.3) is 0 Å². The summed E-state index contributed by atoms with van der Waals surface area (Å²) in [6, 6.07) is 0.130. The lowest BCUT2D eigenvalue weighted by atomic mass is 10.1. The van der Waals surface area contributed by atoms with E-state index < -0.39 is 10.0 Å². The zero-order valence-electron chi connectivity index (χ0n) is 16.8. The van der Waals surface area contributed by atoms with E-state index in [1.807, 2.05) is 11.8 Å². The molecule has 2 fully saturated rings. The van der Waals surface area contributed by atoms with E-state index in [4.69, 9.17) is 4.74 Å². The van der Waals surface area contributed by atoms with Crippen molar-refractivity contribution in [2.45, 2.75) is 51.2 Å². The zero-order valence-corrected chi connectivity index (χ0v) is 19.9. The average molecular weight is 531 g/mol. The fourth-order valence-corrected chi connectivity index (χ4v) is 4.24. The number of rotatable bonds is 8. The predicted octanol–water partition coefficient (Wildman–Crippen LogP) is 0.269. The summed E-state index contributed by atoms with van der Waals surface area (Å²) in [5.74, 6) is 0.670. The van der Waals surface area contributed by atoms with E-state index in [0.29, 0.717) is 32.1 Å². The van der Waals surface area contributed by atoms with E-state index in [1.165, 1.54) is 0 Å². The highest BCUT2D eigenvalue weighted by Crippen LogP contribution is 2.12. The normalized spacial score (nSPS) is 23.2. The third-order valence-corrected chi connectivity index (χ3v) is 6.22. The van der Waals surface area contributed by atoms with E-state index in [9.17, 15) is 13.2 Å². The van der Waals surface area contributed by atoms with Crippen molar-refractivity contribution in [1.29, 1.82) is 0 Å². The van der Waals surface area contributed by atoms with Gasteiger partial charge in [-0.05, 0) is 25.7 Å². The van der Waals surface area contributed by atoms with Crippen molar-refractivity contribution in [2.24, 2.45) is 4.99 Å². The molecule has 2 unspecified atom stereocenters. The van der Waals surface area contributed by atoms with Gasteiger partial charge in [-0.3, -0.25) is 9.79 Å². The smallest absolute Gasteiger partial charge is 0.222 e. The molecule has 3 N–H and O–H groups in total. The van der Waals surface area contributed by atoms with E-state index in [-0.39, 0.29) is 54.3 Å². The first kappa shape index (κ1) is 25.4. The first-order valence-corrected chi connectivity index (χ1v) is 11.4. The molecule has 2 saturated heterocycles. The number of guanidine groups is 1. The SMILES string of the molecule is CCC(=O)N1CCC(NC(=NC)NCCS(=O)(=O)NCC2CCCCO2)C1.I. The Morgan fingerprint density at radius 3 is 2.71 bits per heavy atom. The summed E-state index contributed by atoms with van der Waals surface area (Å²) >= 11 is 0. The Balaban J connectivity index is 0.00000392. The lowest BCUT2D eigenvalue weighted by molar-refractivity contribution is -0.129. The van der Waals surface area contributed by atoms with Crippen LogP contribution in [0.4, 0.5) is 0 Å². The molecule has 2 rings (SSSR count). The molecule has 0 bridgehead atoms. The molecule has 2 aliphatic rings. The zero-order chi connectivity index (χ0) is 19.7. The van der Waals surface area contributed by atoms with Gasteiger partial charge in [0.15, 0.2) is 5.96 Å². The summed E-state index contributed by atoms with van der Waals surface area (Å²) in [4.78, 5) is 17.7. The molecule has 0 radical (unpaired) electrons. The molecule has 0 saturated carbocycles. The van der Waals surface area contributed by atoms with Gasteiger partial charge in [-0.15, -0.1) is 24.0 Å². The van der Waals surface area contributed by atoms with Crippen molar-refractivity contribution < 1.29 is 17.9 Å². The number of ether oxygens (including phenoxy) is 1. The average Bonchev–Trinajstić information content (AvgIpc) is 3.14. The monoisotopic (exact) mass is 531 g/mol. The van der Waals surface area contributed by atoms with Gasteiger partial charge < -0.3 is 20.3 Å². The topological polar surface area (TPSA) is 112 Å². The fourth-order valence-electron chi connectivity index (χ4n) is 3.28. The molecular weight excluding hydrogens is 497 g/mol. The van der Waals surface area contributed by atoms with Crippen LogP contribution in [0.25, 0.3) is 0 Å². The van der Waals surface area contributed by atoms with Crippen LogP contribution in [-0.4, -0.2) is 82.9 Å². The van der Waals surface area contributed by atoms with Gasteiger partial charge >= 0.3 is 0 Å². The highest BCUT2D eigenvalue weighted by atomic mass is 127. The van der Waals surface area contributed by atoms with Crippen LogP contribution in [0.15, 0.2) is 4.99 Å². The summed E-state index contributed by atoms with van der Waals surface area (Å²) in [5.41, 5.74) is 0. The highest BCUT2D eigenvalue weighted by molar-refractivity contribution is 14.0. The molecule has 2 heterocycles. The van der Waals surface area contributed by atoms with Crippen molar-refractivity contribution in [3.05, 3.63) is 0 Å². The van der Waals surface area contributed by atoms with Crippen LogP contribution in [0.3, 0.4) is 0 Å². The Hall–Kier alpha value is -0.660. The number of aliphatic imine (C=N–C) groups is 1. The third kappa shape index (κ3) is 8.78. The minimum atomic E-state index is -3.36. The molecule has 0 aromatic heterocycles. The molecule has 28 heavy (non-hydrogen) atoms. The molecule has 0 spiro atoms. The second kappa shape index (κ2) is 12.8. The lowest BCUT2D eigenvalue weighted by Crippen LogP contribution is -2.47. The number of sulfonamides is 1. The standard InChI is InChI=1S/C17H33N5O4S.HI/c1-3-16(23)22-9-7-14(13-22)21-17(18-2)19-8-11-27(24,25)20-12-15-6-4-5-10-26-15;/h14-15,20H,3-13H2,1-2H3,(H2,18,19,21);1H. The van der Waals surface area contributed by atoms with Gasteiger partial charge in [0, 0.05) is 52.3 Å². The largest absolute Gasteiger partial charge is 0.377 e.